The average molecular weight is 256 g/mol. The van der Waals surface area contributed by atoms with E-state index in [1.165, 1.54) is 23.0 Å². The number of nitrogen functional groups attached to an aromatic ring is 1. The monoisotopic (exact) mass is 256 g/mol. The van der Waals surface area contributed by atoms with Gasteiger partial charge >= 0.3 is 6.18 Å². The lowest BCUT2D eigenvalue weighted by molar-refractivity contribution is -0.136. The summed E-state index contributed by atoms with van der Waals surface area (Å²) >= 11 is 0. The summed E-state index contributed by atoms with van der Waals surface area (Å²) in [7, 11) is 1.68. The number of benzene rings is 1. The Bertz CT molecular complexity index is 560. The Morgan fingerprint density at radius 3 is 2.61 bits per heavy atom. The molecule has 0 atom stereocenters. The van der Waals surface area contributed by atoms with Gasteiger partial charge in [0.25, 0.3) is 0 Å². The van der Waals surface area contributed by atoms with Gasteiger partial charge in [0.15, 0.2) is 0 Å². The molecule has 0 aliphatic rings. The summed E-state index contributed by atoms with van der Waals surface area (Å²) in [6.07, 6.45) is -1.44. The van der Waals surface area contributed by atoms with Crippen molar-refractivity contribution in [1.82, 2.24) is 9.78 Å². The zero-order valence-electron chi connectivity index (χ0n) is 9.49. The summed E-state index contributed by atoms with van der Waals surface area (Å²) < 4.78 is 40.0. The topological polar surface area (TPSA) is 55.9 Å². The fraction of sp³-hybridized carbons (Fsp3) is 0.182. The van der Waals surface area contributed by atoms with Crippen LogP contribution in [0.25, 0.3) is 0 Å². The Morgan fingerprint density at radius 2 is 2.06 bits per heavy atom. The molecule has 3 N–H and O–H groups in total. The minimum absolute atomic E-state index is 0.0512. The molecule has 0 aliphatic heterocycles. The number of alkyl halides is 3. The fourth-order valence-corrected chi connectivity index (χ4v) is 1.55. The van der Waals surface area contributed by atoms with Gasteiger partial charge in [-0.3, -0.25) is 4.68 Å². The number of hydrogen-bond donors (Lipinski definition) is 2. The summed E-state index contributed by atoms with van der Waals surface area (Å²) in [5.74, 6) is 0. The standard InChI is InChI=1S/C11H11F3N4/c1-18-6-8(5-16-18)17-10-3-2-7(15)4-9(10)11(12,13)14/h2-6,17H,15H2,1H3. The van der Waals surface area contributed by atoms with Gasteiger partial charge < -0.3 is 11.1 Å². The third-order valence-corrected chi connectivity index (χ3v) is 2.33. The van der Waals surface area contributed by atoms with Crippen LogP contribution in [0.5, 0.6) is 0 Å². The molecule has 0 saturated heterocycles. The highest BCUT2D eigenvalue weighted by atomic mass is 19.4. The van der Waals surface area contributed by atoms with Gasteiger partial charge in [0.1, 0.15) is 0 Å². The van der Waals surface area contributed by atoms with Crippen molar-refractivity contribution in [2.24, 2.45) is 7.05 Å². The summed E-state index contributed by atoms with van der Waals surface area (Å²) in [5, 5.41) is 6.54. The Hall–Kier alpha value is -2.18. The molecule has 0 spiro atoms. The van der Waals surface area contributed by atoms with E-state index in [4.69, 9.17) is 5.73 Å². The smallest absolute Gasteiger partial charge is 0.399 e. The number of halogens is 3. The van der Waals surface area contributed by atoms with Crippen LogP contribution in [-0.2, 0) is 13.2 Å². The molecule has 1 heterocycles. The minimum atomic E-state index is -4.46. The van der Waals surface area contributed by atoms with Crippen LogP contribution < -0.4 is 11.1 Å². The van der Waals surface area contributed by atoms with E-state index in [1.807, 2.05) is 0 Å². The molecule has 0 saturated carbocycles. The van der Waals surface area contributed by atoms with Crippen molar-refractivity contribution in [3.05, 3.63) is 36.2 Å². The number of nitrogens with one attached hydrogen (secondary N) is 1. The molecule has 0 radical (unpaired) electrons. The highest BCUT2D eigenvalue weighted by molar-refractivity contribution is 5.66. The second kappa shape index (κ2) is 4.25. The van der Waals surface area contributed by atoms with Crippen molar-refractivity contribution in [2.45, 2.75) is 6.18 Å². The first-order chi connectivity index (χ1) is 8.36. The van der Waals surface area contributed by atoms with Gasteiger partial charge in [-0.05, 0) is 18.2 Å². The van der Waals surface area contributed by atoms with Crippen molar-refractivity contribution in [1.29, 1.82) is 0 Å². The summed E-state index contributed by atoms with van der Waals surface area (Å²) in [4.78, 5) is 0. The predicted octanol–water partition coefficient (Wildman–Crippen LogP) is 2.76. The Morgan fingerprint density at radius 1 is 1.33 bits per heavy atom. The van der Waals surface area contributed by atoms with E-state index in [2.05, 4.69) is 10.4 Å². The average Bonchev–Trinajstić information content (AvgIpc) is 2.65. The molecule has 1 aromatic heterocycles. The van der Waals surface area contributed by atoms with Gasteiger partial charge in [0.05, 0.1) is 23.1 Å². The minimum Gasteiger partial charge on any atom is -0.399 e. The molecule has 7 heteroatoms. The van der Waals surface area contributed by atoms with Gasteiger partial charge in [-0.25, -0.2) is 0 Å². The molecule has 18 heavy (non-hydrogen) atoms. The molecule has 2 aromatic rings. The van der Waals surface area contributed by atoms with E-state index in [0.29, 0.717) is 5.69 Å². The maximum atomic E-state index is 12.8. The van der Waals surface area contributed by atoms with Crippen LogP contribution in [0.2, 0.25) is 0 Å². The van der Waals surface area contributed by atoms with Crippen molar-refractivity contribution >= 4 is 17.1 Å². The number of nitrogens with two attached hydrogens (primary N) is 1. The molecule has 0 aliphatic carbocycles. The second-order valence-corrected chi connectivity index (χ2v) is 3.83. The van der Waals surface area contributed by atoms with E-state index in [0.717, 1.165) is 6.07 Å². The zero-order chi connectivity index (χ0) is 13.3. The number of anilines is 3. The Kier molecular flexibility index (Phi) is 2.90. The quantitative estimate of drug-likeness (QED) is 0.812. The fourth-order valence-electron chi connectivity index (χ4n) is 1.55. The SMILES string of the molecule is Cn1cc(Nc2ccc(N)cc2C(F)(F)F)cn1. The first kappa shape index (κ1) is 12.3. The molecule has 0 fully saturated rings. The molecule has 0 amide bonds. The largest absolute Gasteiger partial charge is 0.418 e. The summed E-state index contributed by atoms with van der Waals surface area (Å²) in [6, 6.07) is 3.61. The third-order valence-electron chi connectivity index (χ3n) is 2.33. The van der Waals surface area contributed by atoms with Crippen molar-refractivity contribution < 1.29 is 13.2 Å². The van der Waals surface area contributed by atoms with Crippen molar-refractivity contribution in [3.63, 3.8) is 0 Å². The molecule has 4 nitrogen and oxygen atoms in total. The van der Waals surface area contributed by atoms with Gasteiger partial charge in [-0.15, -0.1) is 0 Å². The van der Waals surface area contributed by atoms with Gasteiger partial charge in [-0.1, -0.05) is 0 Å². The maximum absolute atomic E-state index is 12.8. The van der Waals surface area contributed by atoms with Gasteiger partial charge in [0, 0.05) is 18.9 Å². The first-order valence-electron chi connectivity index (χ1n) is 5.08. The normalized spacial score (nSPS) is 11.6. The Balaban J connectivity index is 2.38. The van der Waals surface area contributed by atoms with Crippen molar-refractivity contribution in [3.8, 4) is 0 Å². The van der Waals surface area contributed by atoms with E-state index >= 15 is 0 Å². The lowest BCUT2D eigenvalue weighted by atomic mass is 10.1. The lowest BCUT2D eigenvalue weighted by Crippen LogP contribution is -2.09. The second-order valence-electron chi connectivity index (χ2n) is 3.83. The van der Waals surface area contributed by atoms with E-state index in [9.17, 15) is 13.2 Å². The van der Waals surface area contributed by atoms with Gasteiger partial charge in [-0.2, -0.15) is 18.3 Å². The molecule has 2 rings (SSSR count). The highest BCUT2D eigenvalue weighted by Crippen LogP contribution is 2.37. The predicted molar refractivity (Wildman–Crippen MR) is 62.3 cm³/mol. The maximum Gasteiger partial charge on any atom is 0.418 e. The van der Waals surface area contributed by atoms with Crippen LogP contribution in [0.15, 0.2) is 30.6 Å². The molecule has 0 bridgehead atoms. The molecule has 96 valence electrons. The van der Waals surface area contributed by atoms with E-state index in [1.54, 1.807) is 13.2 Å². The summed E-state index contributed by atoms with van der Waals surface area (Å²) in [5.41, 5.74) is 5.07. The third kappa shape index (κ3) is 2.55. The van der Waals surface area contributed by atoms with E-state index < -0.39 is 11.7 Å². The molecular weight excluding hydrogens is 245 g/mol. The summed E-state index contributed by atoms with van der Waals surface area (Å²) in [6.45, 7) is 0. The van der Waals surface area contributed by atoms with Crippen LogP contribution >= 0.6 is 0 Å². The number of hydrogen-bond acceptors (Lipinski definition) is 3. The number of aromatic nitrogens is 2. The number of nitrogens with zero attached hydrogens (tertiary/aromatic N) is 2. The number of aryl methyl sites for hydroxylation is 1. The molecule has 0 unspecified atom stereocenters. The van der Waals surface area contributed by atoms with Crippen LogP contribution in [0, 0.1) is 0 Å². The number of rotatable bonds is 2. The zero-order valence-corrected chi connectivity index (χ0v) is 9.49. The van der Waals surface area contributed by atoms with E-state index in [-0.39, 0.29) is 11.4 Å². The van der Waals surface area contributed by atoms with Crippen molar-refractivity contribution in [2.75, 3.05) is 11.1 Å². The highest BCUT2D eigenvalue weighted by Gasteiger charge is 2.33. The van der Waals surface area contributed by atoms with Crippen LogP contribution in [-0.4, -0.2) is 9.78 Å². The van der Waals surface area contributed by atoms with Gasteiger partial charge in [0.2, 0.25) is 0 Å². The van der Waals surface area contributed by atoms with Crippen LogP contribution in [0.4, 0.5) is 30.2 Å². The lowest BCUT2D eigenvalue weighted by Gasteiger charge is -2.14. The van der Waals surface area contributed by atoms with Crippen LogP contribution in [0.3, 0.4) is 0 Å². The molecular formula is C11H11F3N4. The first-order valence-corrected chi connectivity index (χ1v) is 5.08. The van der Waals surface area contributed by atoms with Crippen LogP contribution in [0.1, 0.15) is 5.56 Å². The molecule has 1 aromatic carbocycles. The Labute approximate surface area is 101 Å².